The normalized spacial score (nSPS) is 11.4. The lowest BCUT2D eigenvalue weighted by atomic mass is 10.2. The molecular weight excluding hydrogens is 276 g/mol. The number of amides is 1. The molecule has 0 heterocycles. The molecule has 0 radical (unpaired) electrons. The third-order valence-corrected chi connectivity index (χ3v) is 4.07. The molecule has 0 fully saturated rings. The minimum atomic E-state index is 0.153. The van der Waals surface area contributed by atoms with Crippen molar-refractivity contribution < 1.29 is 4.79 Å². The van der Waals surface area contributed by atoms with Gasteiger partial charge in [0.25, 0.3) is 0 Å². The Kier molecular flexibility index (Phi) is 14.8. The molecule has 0 spiro atoms. The molecule has 1 amide bonds. The highest BCUT2D eigenvalue weighted by molar-refractivity contribution is 5.75. The smallest absolute Gasteiger partial charge is 0.219 e. The maximum absolute atomic E-state index is 11.2. The second kappa shape index (κ2) is 15.3. The van der Waals surface area contributed by atoms with Crippen LogP contribution in [0.25, 0.3) is 0 Å². The van der Waals surface area contributed by atoms with Crippen LogP contribution in [0.4, 0.5) is 0 Å². The van der Waals surface area contributed by atoms with Crippen molar-refractivity contribution in [3.8, 4) is 0 Å². The van der Waals surface area contributed by atoms with Crippen molar-refractivity contribution in [2.75, 3.05) is 52.4 Å². The van der Waals surface area contributed by atoms with Crippen LogP contribution >= 0.6 is 0 Å². The van der Waals surface area contributed by atoms with E-state index in [9.17, 15) is 4.79 Å². The largest absolute Gasteiger partial charge is 0.356 e. The van der Waals surface area contributed by atoms with E-state index in [2.05, 4.69) is 29.0 Å². The van der Waals surface area contributed by atoms with Crippen LogP contribution in [0.5, 0.6) is 0 Å². The second-order valence-electron chi connectivity index (χ2n) is 5.77. The summed E-state index contributed by atoms with van der Waals surface area (Å²) in [4.78, 5) is 16.1. The molecule has 5 heteroatoms. The summed E-state index contributed by atoms with van der Waals surface area (Å²) < 4.78 is 0. The van der Waals surface area contributed by atoms with Gasteiger partial charge < -0.3 is 20.9 Å². The summed E-state index contributed by atoms with van der Waals surface area (Å²) in [5.74, 6) is 0.153. The van der Waals surface area contributed by atoms with Gasteiger partial charge in [0.2, 0.25) is 5.91 Å². The molecule has 0 rings (SSSR count). The first kappa shape index (κ1) is 21.4. The van der Waals surface area contributed by atoms with Crippen molar-refractivity contribution in [2.24, 2.45) is 5.73 Å². The predicted molar refractivity (Wildman–Crippen MR) is 95.1 cm³/mol. The molecule has 0 saturated heterocycles. The first-order chi connectivity index (χ1) is 10.7. The summed E-state index contributed by atoms with van der Waals surface area (Å²) in [6, 6.07) is 0. The van der Waals surface area contributed by atoms with Gasteiger partial charge in [0.05, 0.1) is 0 Å². The fourth-order valence-corrected chi connectivity index (χ4v) is 2.50. The molecule has 0 atom stereocenters. The number of unbranched alkanes of at least 4 members (excludes halogenated alkanes) is 1. The minimum Gasteiger partial charge on any atom is -0.356 e. The third-order valence-electron chi connectivity index (χ3n) is 4.07. The zero-order valence-electron chi connectivity index (χ0n) is 15.1. The average molecular weight is 315 g/mol. The van der Waals surface area contributed by atoms with Gasteiger partial charge in [0.15, 0.2) is 0 Å². The number of carbonyl (C=O) groups is 1. The van der Waals surface area contributed by atoms with Crippen molar-refractivity contribution in [1.29, 1.82) is 0 Å². The van der Waals surface area contributed by atoms with Crippen LogP contribution in [0.2, 0.25) is 0 Å². The van der Waals surface area contributed by atoms with Gasteiger partial charge in [-0.3, -0.25) is 4.79 Å². The van der Waals surface area contributed by atoms with Crippen LogP contribution in [-0.4, -0.2) is 68.1 Å². The van der Waals surface area contributed by atoms with E-state index >= 15 is 0 Å². The van der Waals surface area contributed by atoms with Crippen LogP contribution in [0.1, 0.15) is 52.9 Å². The zero-order valence-corrected chi connectivity index (χ0v) is 15.1. The molecule has 0 aliphatic carbocycles. The molecule has 0 bridgehead atoms. The van der Waals surface area contributed by atoms with Crippen molar-refractivity contribution in [3.63, 3.8) is 0 Å². The van der Waals surface area contributed by atoms with Gasteiger partial charge in [-0.25, -0.2) is 0 Å². The topological polar surface area (TPSA) is 61.6 Å². The Bertz CT molecular complexity index is 261. The number of nitrogens with two attached hydrogens (primary N) is 1. The summed E-state index contributed by atoms with van der Waals surface area (Å²) in [6.07, 6.45) is 5.21. The SMILES string of the molecule is CCC(=O)NCCCN(CC)CCCCN(CC)CCCN. The van der Waals surface area contributed by atoms with E-state index in [1.54, 1.807) is 0 Å². The number of nitrogens with zero attached hydrogens (tertiary/aromatic N) is 2. The molecule has 0 aromatic rings. The molecular formula is C17H38N4O. The standard InChI is InChI=1S/C17H38N4O/c1-4-17(22)19-12-10-16-21(6-3)14-8-7-13-20(5-2)15-9-11-18/h4-16,18H2,1-3H3,(H,19,22). The van der Waals surface area contributed by atoms with Crippen molar-refractivity contribution in [1.82, 2.24) is 15.1 Å². The van der Waals surface area contributed by atoms with Crippen LogP contribution in [0.3, 0.4) is 0 Å². The lowest BCUT2D eigenvalue weighted by Gasteiger charge is -2.23. The highest BCUT2D eigenvalue weighted by Gasteiger charge is 2.05. The van der Waals surface area contributed by atoms with Crippen LogP contribution < -0.4 is 11.1 Å². The highest BCUT2D eigenvalue weighted by Crippen LogP contribution is 2.00. The maximum atomic E-state index is 11.2. The Morgan fingerprint density at radius 1 is 0.864 bits per heavy atom. The van der Waals surface area contributed by atoms with Gasteiger partial charge in [-0.2, -0.15) is 0 Å². The number of rotatable bonds is 15. The molecule has 0 unspecified atom stereocenters. The first-order valence-electron chi connectivity index (χ1n) is 9.09. The van der Waals surface area contributed by atoms with Gasteiger partial charge in [-0.1, -0.05) is 20.8 Å². The molecule has 0 saturated carbocycles. The summed E-state index contributed by atoms with van der Waals surface area (Å²) in [6.45, 7) is 14.7. The Labute approximate surface area is 137 Å². The van der Waals surface area contributed by atoms with Crippen molar-refractivity contribution in [3.05, 3.63) is 0 Å². The summed E-state index contributed by atoms with van der Waals surface area (Å²) in [5, 5.41) is 2.94. The summed E-state index contributed by atoms with van der Waals surface area (Å²) >= 11 is 0. The van der Waals surface area contributed by atoms with Crippen LogP contribution in [-0.2, 0) is 4.79 Å². The van der Waals surface area contributed by atoms with Crippen molar-refractivity contribution >= 4 is 5.91 Å². The van der Waals surface area contributed by atoms with Crippen molar-refractivity contribution in [2.45, 2.75) is 52.9 Å². The second-order valence-corrected chi connectivity index (χ2v) is 5.77. The number of carbonyl (C=O) groups excluding carboxylic acids is 1. The maximum Gasteiger partial charge on any atom is 0.219 e. The van der Waals surface area contributed by atoms with E-state index in [4.69, 9.17) is 5.73 Å². The van der Waals surface area contributed by atoms with E-state index in [0.717, 1.165) is 58.7 Å². The van der Waals surface area contributed by atoms with Crippen LogP contribution in [0, 0.1) is 0 Å². The lowest BCUT2D eigenvalue weighted by molar-refractivity contribution is -0.120. The molecule has 0 aromatic carbocycles. The van der Waals surface area contributed by atoms with Gasteiger partial charge in [-0.15, -0.1) is 0 Å². The minimum absolute atomic E-state index is 0.153. The van der Waals surface area contributed by atoms with Crippen LogP contribution in [0.15, 0.2) is 0 Å². The fraction of sp³-hybridized carbons (Fsp3) is 0.941. The Morgan fingerprint density at radius 2 is 1.36 bits per heavy atom. The molecule has 132 valence electrons. The van der Waals surface area contributed by atoms with E-state index in [1.807, 2.05) is 6.92 Å². The number of hydrogen-bond acceptors (Lipinski definition) is 4. The van der Waals surface area contributed by atoms with E-state index in [1.165, 1.54) is 19.4 Å². The Hall–Kier alpha value is -0.650. The zero-order chi connectivity index (χ0) is 16.6. The fourth-order valence-electron chi connectivity index (χ4n) is 2.50. The van der Waals surface area contributed by atoms with E-state index < -0.39 is 0 Å². The van der Waals surface area contributed by atoms with E-state index in [-0.39, 0.29) is 5.91 Å². The van der Waals surface area contributed by atoms with Gasteiger partial charge in [-0.05, 0) is 71.5 Å². The highest BCUT2D eigenvalue weighted by atomic mass is 16.1. The monoisotopic (exact) mass is 314 g/mol. The van der Waals surface area contributed by atoms with Gasteiger partial charge in [0.1, 0.15) is 0 Å². The molecule has 0 aromatic heterocycles. The quantitative estimate of drug-likeness (QED) is 0.451. The van der Waals surface area contributed by atoms with Gasteiger partial charge in [0, 0.05) is 13.0 Å². The first-order valence-corrected chi connectivity index (χ1v) is 9.09. The average Bonchev–Trinajstić information content (AvgIpc) is 2.55. The predicted octanol–water partition coefficient (Wildman–Crippen LogP) is 1.68. The van der Waals surface area contributed by atoms with Gasteiger partial charge >= 0.3 is 0 Å². The molecule has 0 aliphatic rings. The summed E-state index contributed by atoms with van der Waals surface area (Å²) in [5.41, 5.74) is 5.57. The Balaban J connectivity index is 3.65. The summed E-state index contributed by atoms with van der Waals surface area (Å²) in [7, 11) is 0. The molecule has 5 nitrogen and oxygen atoms in total. The molecule has 0 aliphatic heterocycles. The molecule has 22 heavy (non-hydrogen) atoms. The lowest BCUT2D eigenvalue weighted by Crippen LogP contribution is -2.31. The number of nitrogens with one attached hydrogen (secondary N) is 1. The third kappa shape index (κ3) is 12.0. The molecule has 3 N–H and O–H groups in total. The van der Waals surface area contributed by atoms with E-state index in [0.29, 0.717) is 6.42 Å². The number of hydrogen-bond donors (Lipinski definition) is 2. The Morgan fingerprint density at radius 3 is 1.82 bits per heavy atom.